The van der Waals surface area contributed by atoms with Gasteiger partial charge in [0.05, 0.1) is 16.7 Å². The monoisotopic (exact) mass is 613 g/mol. The molecule has 236 valence electrons. The molecule has 1 unspecified atom stereocenters. The van der Waals surface area contributed by atoms with Gasteiger partial charge in [0.15, 0.2) is 0 Å². The van der Waals surface area contributed by atoms with Gasteiger partial charge in [0.25, 0.3) is 17.7 Å². The number of nitrogens with zero attached hydrogens (tertiary/aromatic N) is 3. The molecule has 3 N–H and O–H groups in total. The lowest BCUT2D eigenvalue weighted by molar-refractivity contribution is -0.136. The van der Waals surface area contributed by atoms with Gasteiger partial charge in [-0.2, -0.15) is 0 Å². The van der Waals surface area contributed by atoms with Crippen molar-refractivity contribution in [2.75, 3.05) is 24.5 Å². The summed E-state index contributed by atoms with van der Waals surface area (Å²) in [6.07, 6.45) is 7.10. The number of fused-ring (bicyclic) bond motifs is 2. The molecular weight excluding hydrogens is 574 g/mol. The summed E-state index contributed by atoms with van der Waals surface area (Å²) in [5, 5.41) is 16.9. The number of imide groups is 2. The molecule has 2 aromatic carbocycles. The van der Waals surface area contributed by atoms with Crippen molar-refractivity contribution in [1.29, 1.82) is 0 Å². The first kappa shape index (κ1) is 29.6. The SMILES string of the molecule is O=C1CCC(N2C(=O)c3cc4c(cc3C2=O)CN(CC2(O)CCN(c3ccc(C(=O)NC5CCCCC5)cc3)CC2)C4)C(=O)N1. The van der Waals surface area contributed by atoms with Crippen LogP contribution in [0.3, 0.4) is 0 Å². The Labute approximate surface area is 261 Å². The van der Waals surface area contributed by atoms with Crippen LogP contribution in [0.1, 0.15) is 100.0 Å². The van der Waals surface area contributed by atoms with Crippen molar-refractivity contribution in [2.45, 2.75) is 88.6 Å². The predicted octanol–water partition coefficient (Wildman–Crippen LogP) is 2.50. The summed E-state index contributed by atoms with van der Waals surface area (Å²) in [6, 6.07) is 10.5. The Balaban J connectivity index is 0.938. The number of rotatable bonds is 6. The van der Waals surface area contributed by atoms with Crippen molar-refractivity contribution >= 4 is 35.2 Å². The largest absolute Gasteiger partial charge is 0.388 e. The van der Waals surface area contributed by atoms with E-state index in [4.69, 9.17) is 0 Å². The van der Waals surface area contributed by atoms with Gasteiger partial charge in [-0.05, 0) is 79.6 Å². The molecule has 3 fully saturated rings. The summed E-state index contributed by atoms with van der Waals surface area (Å²) in [4.78, 5) is 68.5. The van der Waals surface area contributed by atoms with Crippen LogP contribution in [0.4, 0.5) is 5.69 Å². The third kappa shape index (κ3) is 5.75. The molecule has 45 heavy (non-hydrogen) atoms. The second-order valence-electron chi connectivity index (χ2n) is 13.3. The number of hydrogen-bond donors (Lipinski definition) is 3. The normalized spacial score (nSPS) is 23.6. The Bertz CT molecular complexity index is 1510. The Morgan fingerprint density at radius 3 is 2.11 bits per heavy atom. The van der Waals surface area contributed by atoms with Crippen LogP contribution >= 0.6 is 0 Å². The number of piperidine rings is 2. The average molecular weight is 614 g/mol. The summed E-state index contributed by atoms with van der Waals surface area (Å²) in [5.74, 6) is -2.04. The third-order valence-corrected chi connectivity index (χ3v) is 10.2. The highest BCUT2D eigenvalue weighted by Gasteiger charge is 2.45. The van der Waals surface area contributed by atoms with E-state index in [1.165, 1.54) is 19.3 Å². The summed E-state index contributed by atoms with van der Waals surface area (Å²) in [7, 11) is 0. The van der Waals surface area contributed by atoms with Crippen LogP contribution in [0, 0.1) is 0 Å². The van der Waals surface area contributed by atoms with Crippen molar-refractivity contribution in [1.82, 2.24) is 20.4 Å². The molecule has 1 atom stereocenters. The molecule has 5 amide bonds. The van der Waals surface area contributed by atoms with Crippen molar-refractivity contribution in [3.63, 3.8) is 0 Å². The van der Waals surface area contributed by atoms with Crippen LogP contribution in [0.2, 0.25) is 0 Å². The van der Waals surface area contributed by atoms with E-state index in [9.17, 15) is 29.1 Å². The Morgan fingerprint density at radius 1 is 0.889 bits per heavy atom. The minimum atomic E-state index is -0.981. The smallest absolute Gasteiger partial charge is 0.262 e. The van der Waals surface area contributed by atoms with E-state index in [-0.39, 0.29) is 35.9 Å². The van der Waals surface area contributed by atoms with E-state index in [2.05, 4.69) is 20.4 Å². The Hall–Kier alpha value is -4.09. The second kappa shape index (κ2) is 11.7. The average Bonchev–Trinajstić information content (AvgIpc) is 3.53. The number of β-amino-alcohol motifs (C(OH)–C–C–N with tert-alkyl or cyclic N) is 1. The molecule has 5 aliphatic rings. The second-order valence-corrected chi connectivity index (χ2v) is 13.3. The molecule has 4 heterocycles. The molecule has 0 bridgehead atoms. The molecule has 11 heteroatoms. The molecule has 0 radical (unpaired) electrons. The van der Waals surface area contributed by atoms with E-state index in [1.807, 2.05) is 24.3 Å². The number of carbonyl (C=O) groups is 5. The lowest BCUT2D eigenvalue weighted by atomic mass is 9.90. The molecule has 2 aromatic rings. The van der Waals surface area contributed by atoms with Gasteiger partial charge in [0, 0.05) is 56.4 Å². The van der Waals surface area contributed by atoms with Gasteiger partial charge in [-0.25, -0.2) is 0 Å². The van der Waals surface area contributed by atoms with Gasteiger partial charge in [0.1, 0.15) is 6.04 Å². The van der Waals surface area contributed by atoms with Gasteiger partial charge in [-0.3, -0.25) is 39.1 Å². The van der Waals surface area contributed by atoms with Gasteiger partial charge in [-0.15, -0.1) is 0 Å². The van der Waals surface area contributed by atoms with Crippen LogP contribution in [-0.2, 0) is 22.7 Å². The maximum absolute atomic E-state index is 13.2. The molecule has 0 spiro atoms. The number of benzene rings is 2. The first-order valence-corrected chi connectivity index (χ1v) is 16.2. The van der Waals surface area contributed by atoms with Crippen LogP contribution in [0.25, 0.3) is 0 Å². The predicted molar refractivity (Wildman–Crippen MR) is 164 cm³/mol. The number of hydrogen-bond acceptors (Lipinski definition) is 8. The lowest BCUT2D eigenvalue weighted by Gasteiger charge is -2.41. The number of anilines is 1. The van der Waals surface area contributed by atoms with E-state index >= 15 is 0 Å². The standard InChI is InChI=1S/C34H39N5O6/c40-29-11-10-28(31(42)36-29)39-32(43)26-16-22-18-37(19-23(22)17-27(26)33(39)44)20-34(45)12-14-38(15-13-34)25-8-6-21(7-9-25)30(41)35-24-4-2-1-3-5-24/h6-9,16-17,24,28,45H,1-5,10-15,18-20H2,(H,35,41)(H,36,40,42). The number of aliphatic hydroxyl groups is 1. The molecule has 1 saturated carbocycles. The quantitative estimate of drug-likeness (QED) is 0.423. The fourth-order valence-corrected chi connectivity index (χ4v) is 7.65. The zero-order chi connectivity index (χ0) is 31.3. The molecule has 11 nitrogen and oxygen atoms in total. The summed E-state index contributed by atoms with van der Waals surface area (Å²) < 4.78 is 0. The number of amides is 5. The molecule has 2 saturated heterocycles. The van der Waals surface area contributed by atoms with Gasteiger partial charge >= 0.3 is 0 Å². The maximum atomic E-state index is 13.2. The first-order chi connectivity index (χ1) is 21.7. The van der Waals surface area contributed by atoms with E-state index in [0.717, 1.165) is 34.6 Å². The first-order valence-electron chi connectivity index (χ1n) is 16.2. The van der Waals surface area contributed by atoms with Gasteiger partial charge < -0.3 is 15.3 Å². The highest BCUT2D eigenvalue weighted by molar-refractivity contribution is 6.23. The number of nitrogens with one attached hydrogen (secondary N) is 2. The van der Waals surface area contributed by atoms with E-state index < -0.39 is 35.3 Å². The van der Waals surface area contributed by atoms with E-state index in [0.29, 0.717) is 51.1 Å². The fraction of sp³-hybridized carbons (Fsp3) is 0.500. The molecule has 4 aliphatic heterocycles. The molecule has 1 aliphatic carbocycles. The zero-order valence-electron chi connectivity index (χ0n) is 25.3. The van der Waals surface area contributed by atoms with Gasteiger partial charge in [-0.1, -0.05) is 19.3 Å². The minimum absolute atomic E-state index is 0.0151. The van der Waals surface area contributed by atoms with Crippen molar-refractivity contribution in [3.8, 4) is 0 Å². The van der Waals surface area contributed by atoms with Crippen molar-refractivity contribution in [2.24, 2.45) is 0 Å². The Kier molecular flexibility index (Phi) is 7.69. The highest BCUT2D eigenvalue weighted by atomic mass is 16.3. The maximum Gasteiger partial charge on any atom is 0.262 e. The van der Waals surface area contributed by atoms with Crippen molar-refractivity contribution in [3.05, 3.63) is 64.2 Å². The minimum Gasteiger partial charge on any atom is -0.388 e. The van der Waals surface area contributed by atoms with Crippen LogP contribution in [-0.4, -0.2) is 81.8 Å². The Morgan fingerprint density at radius 2 is 1.51 bits per heavy atom. The summed E-state index contributed by atoms with van der Waals surface area (Å²) in [6.45, 7) is 2.97. The van der Waals surface area contributed by atoms with Crippen LogP contribution < -0.4 is 15.5 Å². The fourth-order valence-electron chi connectivity index (χ4n) is 7.65. The topological polar surface area (TPSA) is 139 Å². The number of carbonyl (C=O) groups excluding carboxylic acids is 5. The lowest BCUT2D eigenvalue weighted by Crippen LogP contribution is -2.54. The van der Waals surface area contributed by atoms with Gasteiger partial charge in [0.2, 0.25) is 11.8 Å². The van der Waals surface area contributed by atoms with Crippen LogP contribution in [0.15, 0.2) is 36.4 Å². The third-order valence-electron chi connectivity index (χ3n) is 10.2. The highest BCUT2D eigenvalue weighted by Crippen LogP contribution is 2.35. The van der Waals surface area contributed by atoms with E-state index in [1.54, 1.807) is 12.1 Å². The molecular formula is C34H39N5O6. The summed E-state index contributed by atoms with van der Waals surface area (Å²) in [5.41, 5.74) is 3.29. The summed E-state index contributed by atoms with van der Waals surface area (Å²) >= 11 is 0. The molecule has 0 aromatic heterocycles. The zero-order valence-corrected chi connectivity index (χ0v) is 25.3. The molecule has 7 rings (SSSR count). The van der Waals surface area contributed by atoms with Crippen molar-refractivity contribution < 1.29 is 29.1 Å². The van der Waals surface area contributed by atoms with Crippen LogP contribution in [0.5, 0.6) is 0 Å².